The van der Waals surface area contributed by atoms with E-state index in [1.807, 2.05) is 37.8 Å². The molecule has 0 radical (unpaired) electrons. The van der Waals surface area contributed by atoms with Crippen molar-refractivity contribution in [2.75, 3.05) is 6.54 Å². The van der Waals surface area contributed by atoms with E-state index in [1.54, 1.807) is 11.3 Å². The fourth-order valence-corrected chi connectivity index (χ4v) is 3.85. The Labute approximate surface area is 145 Å². The van der Waals surface area contributed by atoms with Gasteiger partial charge in [-0.15, -0.1) is 11.3 Å². The predicted molar refractivity (Wildman–Crippen MR) is 93.6 cm³/mol. The molecule has 1 N–H and O–H groups in total. The van der Waals surface area contributed by atoms with Crippen LogP contribution >= 0.6 is 11.3 Å². The molecule has 1 fully saturated rings. The average molecular weight is 340 g/mol. The fourth-order valence-electron chi connectivity index (χ4n) is 3.23. The van der Waals surface area contributed by atoms with Crippen LogP contribution in [0.4, 0.5) is 0 Å². The number of imidazole rings is 1. The number of likely N-dealkylation sites (tertiary alicyclic amines) is 1. The van der Waals surface area contributed by atoms with Crippen LogP contribution in [-0.2, 0) is 6.54 Å². The van der Waals surface area contributed by atoms with Gasteiger partial charge >= 0.3 is 0 Å². The second-order valence-corrected chi connectivity index (χ2v) is 7.23. The van der Waals surface area contributed by atoms with Crippen molar-refractivity contribution >= 4 is 11.3 Å². The van der Waals surface area contributed by atoms with Gasteiger partial charge in [0, 0.05) is 35.2 Å². The molecule has 0 bridgehead atoms. The summed E-state index contributed by atoms with van der Waals surface area (Å²) in [5.74, 6) is 1.72. The number of thiazole rings is 1. The molecule has 0 unspecified atom stereocenters. The summed E-state index contributed by atoms with van der Waals surface area (Å²) in [5.41, 5.74) is 4.78. The topological polar surface area (TPSA) is 70.6 Å². The normalized spacial score (nSPS) is 18.3. The first-order valence-electron chi connectivity index (χ1n) is 8.18. The van der Waals surface area contributed by atoms with Crippen LogP contribution < -0.4 is 0 Å². The number of nitrogens with one attached hydrogen (secondary N) is 1. The molecule has 1 saturated heterocycles. The molecule has 124 valence electrons. The lowest BCUT2D eigenvalue weighted by atomic mass is 10.2. The van der Waals surface area contributed by atoms with Gasteiger partial charge in [-0.3, -0.25) is 9.88 Å². The van der Waals surface area contributed by atoms with Gasteiger partial charge in [0.05, 0.1) is 11.6 Å². The molecule has 0 spiro atoms. The molecule has 1 atom stereocenters. The largest absolute Gasteiger partial charge is 0.341 e. The first-order valence-corrected chi connectivity index (χ1v) is 9.06. The van der Waals surface area contributed by atoms with Crippen molar-refractivity contribution in [2.24, 2.45) is 0 Å². The molecule has 7 heteroatoms. The van der Waals surface area contributed by atoms with E-state index in [2.05, 4.69) is 19.9 Å². The monoisotopic (exact) mass is 340 g/mol. The minimum Gasteiger partial charge on any atom is -0.341 e. The number of rotatable bonds is 4. The van der Waals surface area contributed by atoms with Gasteiger partial charge in [-0.1, -0.05) is 0 Å². The minimum atomic E-state index is 0.266. The van der Waals surface area contributed by atoms with E-state index in [0.29, 0.717) is 0 Å². The van der Waals surface area contributed by atoms with E-state index >= 15 is 0 Å². The zero-order chi connectivity index (χ0) is 16.5. The summed E-state index contributed by atoms with van der Waals surface area (Å²) in [6.45, 7) is 6.02. The Morgan fingerprint density at radius 3 is 2.96 bits per heavy atom. The molecular weight excluding hydrogens is 320 g/mol. The molecule has 0 saturated carbocycles. The third-order valence-corrected chi connectivity index (χ3v) is 5.09. The summed E-state index contributed by atoms with van der Waals surface area (Å²) in [6, 6.07) is 2.26. The minimum absolute atomic E-state index is 0.266. The van der Waals surface area contributed by atoms with E-state index in [1.165, 1.54) is 11.3 Å². The average Bonchev–Trinajstić information content (AvgIpc) is 3.29. The van der Waals surface area contributed by atoms with E-state index < -0.39 is 0 Å². The Hall–Kier alpha value is -2.12. The van der Waals surface area contributed by atoms with Gasteiger partial charge in [0.1, 0.15) is 11.5 Å². The summed E-state index contributed by atoms with van der Waals surface area (Å²) >= 11 is 1.70. The maximum absolute atomic E-state index is 4.82. The first kappa shape index (κ1) is 15.4. The Morgan fingerprint density at radius 2 is 2.21 bits per heavy atom. The number of aromatic amines is 1. The molecule has 4 heterocycles. The van der Waals surface area contributed by atoms with Gasteiger partial charge in [0.2, 0.25) is 0 Å². The molecular formula is C17H20N6S. The van der Waals surface area contributed by atoms with Crippen LogP contribution in [0.3, 0.4) is 0 Å². The van der Waals surface area contributed by atoms with Crippen LogP contribution in [-0.4, -0.2) is 36.4 Å². The van der Waals surface area contributed by atoms with Crippen molar-refractivity contribution in [1.82, 2.24) is 29.8 Å². The van der Waals surface area contributed by atoms with Crippen molar-refractivity contribution in [3.8, 4) is 11.5 Å². The summed E-state index contributed by atoms with van der Waals surface area (Å²) in [4.78, 5) is 25.1. The smallest absolute Gasteiger partial charge is 0.156 e. The Balaban J connectivity index is 1.64. The highest BCUT2D eigenvalue weighted by molar-refractivity contribution is 7.09. The van der Waals surface area contributed by atoms with Gasteiger partial charge < -0.3 is 4.98 Å². The Bertz CT molecular complexity index is 825. The van der Waals surface area contributed by atoms with Crippen LogP contribution in [0.2, 0.25) is 0 Å². The van der Waals surface area contributed by atoms with E-state index in [9.17, 15) is 0 Å². The highest BCUT2D eigenvalue weighted by Crippen LogP contribution is 2.32. The fraction of sp³-hybridized carbons (Fsp3) is 0.412. The molecule has 24 heavy (non-hydrogen) atoms. The lowest BCUT2D eigenvalue weighted by Crippen LogP contribution is -2.24. The molecule has 3 aromatic rings. The Kier molecular flexibility index (Phi) is 4.12. The number of H-pyrrole nitrogens is 1. The highest BCUT2D eigenvalue weighted by atomic mass is 32.1. The molecule has 3 aromatic heterocycles. The second kappa shape index (κ2) is 6.41. The zero-order valence-corrected chi connectivity index (χ0v) is 14.7. The van der Waals surface area contributed by atoms with Gasteiger partial charge in [-0.2, -0.15) is 0 Å². The van der Waals surface area contributed by atoms with Crippen molar-refractivity contribution in [3.63, 3.8) is 0 Å². The molecule has 6 nitrogen and oxygen atoms in total. The van der Waals surface area contributed by atoms with Gasteiger partial charge in [-0.05, 0) is 39.3 Å². The molecule has 4 rings (SSSR count). The van der Waals surface area contributed by atoms with Crippen LogP contribution in [0, 0.1) is 13.8 Å². The second-order valence-electron chi connectivity index (χ2n) is 6.26. The van der Waals surface area contributed by atoms with Crippen molar-refractivity contribution < 1.29 is 0 Å². The number of hydrogen-bond acceptors (Lipinski definition) is 6. The standard InChI is InChI=1S/C17H20N6S/c1-11-6-14(16-19-7-12(2)21-16)22-17(20-11)15-4-3-5-23(15)9-13-8-18-10-24-13/h6-8,10,15H,3-5,9H2,1-2H3,(H,19,21)/t15-/m1/s1. The molecule has 0 amide bonds. The van der Waals surface area contributed by atoms with Gasteiger partial charge in [0.25, 0.3) is 0 Å². The third-order valence-electron chi connectivity index (χ3n) is 4.32. The summed E-state index contributed by atoms with van der Waals surface area (Å²) in [7, 11) is 0. The van der Waals surface area contributed by atoms with Gasteiger partial charge in [-0.25, -0.2) is 15.0 Å². The lowest BCUT2D eigenvalue weighted by molar-refractivity contribution is 0.241. The molecule has 0 aromatic carbocycles. The van der Waals surface area contributed by atoms with E-state index in [4.69, 9.17) is 9.97 Å². The van der Waals surface area contributed by atoms with Crippen molar-refractivity contribution in [1.29, 1.82) is 0 Å². The quantitative estimate of drug-likeness (QED) is 0.789. The predicted octanol–water partition coefficient (Wildman–Crippen LogP) is 3.28. The van der Waals surface area contributed by atoms with Crippen LogP contribution in [0.1, 0.15) is 41.0 Å². The number of aryl methyl sites for hydroxylation is 2. The molecule has 0 aliphatic carbocycles. The number of nitrogens with zero attached hydrogens (tertiary/aromatic N) is 5. The molecule has 1 aliphatic rings. The van der Waals surface area contributed by atoms with Crippen LogP contribution in [0.25, 0.3) is 11.5 Å². The summed E-state index contributed by atoms with van der Waals surface area (Å²) in [5, 5.41) is 0. The number of aromatic nitrogens is 5. The Morgan fingerprint density at radius 1 is 1.29 bits per heavy atom. The number of hydrogen-bond donors (Lipinski definition) is 1. The summed E-state index contributed by atoms with van der Waals surface area (Å²) < 4.78 is 0. The molecule has 1 aliphatic heterocycles. The van der Waals surface area contributed by atoms with E-state index in [-0.39, 0.29) is 6.04 Å². The SMILES string of the molecule is Cc1cc(-c2ncc(C)[nH]2)nc([C@H]2CCCN2Cc2cncs2)n1. The maximum Gasteiger partial charge on any atom is 0.156 e. The van der Waals surface area contributed by atoms with Crippen LogP contribution in [0.15, 0.2) is 24.0 Å². The highest BCUT2D eigenvalue weighted by Gasteiger charge is 2.29. The van der Waals surface area contributed by atoms with Crippen LogP contribution in [0.5, 0.6) is 0 Å². The lowest BCUT2D eigenvalue weighted by Gasteiger charge is -2.23. The first-order chi connectivity index (χ1) is 11.7. The van der Waals surface area contributed by atoms with E-state index in [0.717, 1.165) is 48.2 Å². The third kappa shape index (κ3) is 3.09. The summed E-state index contributed by atoms with van der Waals surface area (Å²) in [6.07, 6.45) is 6.06. The maximum atomic E-state index is 4.82. The zero-order valence-electron chi connectivity index (χ0n) is 13.9. The van der Waals surface area contributed by atoms with Crippen molar-refractivity contribution in [3.05, 3.63) is 46.1 Å². The van der Waals surface area contributed by atoms with Gasteiger partial charge in [0.15, 0.2) is 5.82 Å². The van der Waals surface area contributed by atoms with Crippen molar-refractivity contribution in [2.45, 2.75) is 39.3 Å².